The number of anilines is 1. The summed E-state index contributed by atoms with van der Waals surface area (Å²) < 4.78 is 7.56. The van der Waals surface area contributed by atoms with Crippen LogP contribution in [0.1, 0.15) is 16.2 Å². The first kappa shape index (κ1) is 17.1. The SMILES string of the molecule is Cc1cc(NC(=O)c2ccc([N+](=O)[O-])o2)n(-c2nc3c(cnn3C)c(=O)[nH]2)n1. The van der Waals surface area contributed by atoms with Gasteiger partial charge in [-0.05, 0) is 13.0 Å². The van der Waals surface area contributed by atoms with Crippen LogP contribution in [-0.2, 0) is 7.05 Å². The number of H-pyrrole nitrogens is 1. The lowest BCUT2D eigenvalue weighted by Gasteiger charge is -2.07. The molecular formula is C15H12N8O5. The zero-order valence-electron chi connectivity index (χ0n) is 14.5. The predicted molar refractivity (Wildman–Crippen MR) is 94.3 cm³/mol. The van der Waals surface area contributed by atoms with Crippen LogP contribution in [0.5, 0.6) is 0 Å². The highest BCUT2D eigenvalue weighted by molar-refractivity contribution is 6.02. The van der Waals surface area contributed by atoms with E-state index in [0.29, 0.717) is 16.7 Å². The van der Waals surface area contributed by atoms with Crippen molar-refractivity contribution in [3.05, 3.63) is 56.3 Å². The Morgan fingerprint density at radius 3 is 2.89 bits per heavy atom. The molecule has 0 saturated heterocycles. The van der Waals surface area contributed by atoms with Gasteiger partial charge >= 0.3 is 5.88 Å². The van der Waals surface area contributed by atoms with Crippen LogP contribution in [0.4, 0.5) is 11.7 Å². The standard InChI is InChI=1S/C15H12N8O5/c1-7-5-10(17-14(25)9-3-4-11(28-9)23(26)27)22(20-7)15-18-12-8(13(24)19-15)6-16-21(12)2/h3-6H,1-2H3,(H,17,25)(H,18,19,24). The number of rotatable bonds is 4. The monoisotopic (exact) mass is 384 g/mol. The summed E-state index contributed by atoms with van der Waals surface area (Å²) in [4.78, 5) is 41.5. The Bertz CT molecular complexity index is 1290. The highest BCUT2D eigenvalue weighted by atomic mass is 16.6. The third-order valence-corrected chi connectivity index (χ3v) is 3.86. The van der Waals surface area contributed by atoms with Crippen LogP contribution >= 0.6 is 0 Å². The quantitative estimate of drug-likeness (QED) is 0.386. The molecule has 0 spiro atoms. The summed E-state index contributed by atoms with van der Waals surface area (Å²) in [6.07, 6.45) is 1.39. The van der Waals surface area contributed by atoms with Crippen LogP contribution < -0.4 is 10.9 Å². The molecule has 4 aromatic rings. The zero-order valence-corrected chi connectivity index (χ0v) is 14.5. The number of carbonyl (C=O) groups is 1. The molecule has 0 fully saturated rings. The lowest BCUT2D eigenvalue weighted by atomic mass is 10.4. The molecule has 0 radical (unpaired) electrons. The van der Waals surface area contributed by atoms with E-state index in [-0.39, 0.29) is 17.5 Å². The maximum atomic E-state index is 12.4. The second kappa shape index (κ2) is 6.15. The summed E-state index contributed by atoms with van der Waals surface area (Å²) in [5, 5.41) is 21.8. The number of aromatic amines is 1. The first-order valence-corrected chi connectivity index (χ1v) is 7.88. The van der Waals surface area contributed by atoms with Crippen molar-refractivity contribution in [2.45, 2.75) is 6.92 Å². The van der Waals surface area contributed by atoms with Gasteiger partial charge in [0.15, 0.2) is 11.4 Å². The summed E-state index contributed by atoms with van der Waals surface area (Å²) in [5.41, 5.74) is 0.458. The lowest BCUT2D eigenvalue weighted by Crippen LogP contribution is -2.18. The Labute approximate surface area is 154 Å². The molecule has 4 aromatic heterocycles. The minimum Gasteiger partial charge on any atom is -0.395 e. The molecule has 0 aliphatic rings. The summed E-state index contributed by atoms with van der Waals surface area (Å²) in [7, 11) is 1.64. The van der Waals surface area contributed by atoms with Crippen molar-refractivity contribution in [2.24, 2.45) is 7.05 Å². The van der Waals surface area contributed by atoms with Crippen molar-refractivity contribution in [2.75, 3.05) is 5.32 Å². The number of carbonyl (C=O) groups excluding carboxylic acids is 1. The predicted octanol–water partition coefficient (Wildman–Crippen LogP) is 0.904. The minimum absolute atomic E-state index is 0.0647. The van der Waals surface area contributed by atoms with E-state index in [0.717, 1.165) is 6.07 Å². The van der Waals surface area contributed by atoms with Gasteiger partial charge in [-0.3, -0.25) is 29.4 Å². The maximum Gasteiger partial charge on any atom is 0.433 e. The summed E-state index contributed by atoms with van der Waals surface area (Å²) in [6.45, 7) is 1.69. The minimum atomic E-state index is -0.747. The number of aromatic nitrogens is 6. The number of aryl methyl sites for hydroxylation is 2. The van der Waals surface area contributed by atoms with Crippen molar-refractivity contribution in [3.63, 3.8) is 0 Å². The third-order valence-electron chi connectivity index (χ3n) is 3.86. The van der Waals surface area contributed by atoms with Crippen molar-refractivity contribution < 1.29 is 14.1 Å². The van der Waals surface area contributed by atoms with E-state index < -0.39 is 22.3 Å². The number of amides is 1. The first-order valence-electron chi connectivity index (χ1n) is 7.88. The number of nitro groups is 1. The third kappa shape index (κ3) is 2.80. The van der Waals surface area contributed by atoms with Crippen LogP contribution in [0.3, 0.4) is 0 Å². The van der Waals surface area contributed by atoms with E-state index >= 15 is 0 Å². The molecular weight excluding hydrogens is 372 g/mol. The number of nitrogens with zero attached hydrogens (tertiary/aromatic N) is 6. The Morgan fingerprint density at radius 1 is 1.39 bits per heavy atom. The normalized spacial score (nSPS) is 11.1. The molecule has 0 bridgehead atoms. The van der Waals surface area contributed by atoms with E-state index in [2.05, 4.69) is 25.5 Å². The molecule has 1 amide bonds. The molecule has 142 valence electrons. The van der Waals surface area contributed by atoms with Gasteiger partial charge in [0.05, 0.1) is 18.0 Å². The van der Waals surface area contributed by atoms with Gasteiger partial charge in [-0.1, -0.05) is 0 Å². The fraction of sp³-hybridized carbons (Fsp3) is 0.133. The van der Waals surface area contributed by atoms with Crippen molar-refractivity contribution in [1.82, 2.24) is 29.5 Å². The number of hydrogen-bond acceptors (Lipinski definition) is 8. The second-order valence-corrected chi connectivity index (χ2v) is 5.83. The van der Waals surface area contributed by atoms with Gasteiger partial charge in [-0.15, -0.1) is 0 Å². The molecule has 13 heteroatoms. The molecule has 4 rings (SSSR count). The zero-order chi connectivity index (χ0) is 20.0. The molecule has 4 heterocycles. The van der Waals surface area contributed by atoms with E-state index in [1.165, 1.54) is 21.6 Å². The van der Waals surface area contributed by atoms with Gasteiger partial charge in [0.25, 0.3) is 11.5 Å². The second-order valence-electron chi connectivity index (χ2n) is 5.83. The van der Waals surface area contributed by atoms with Crippen LogP contribution in [0.15, 0.2) is 33.6 Å². The molecule has 0 atom stereocenters. The molecule has 0 saturated carbocycles. The smallest absolute Gasteiger partial charge is 0.395 e. The van der Waals surface area contributed by atoms with Gasteiger partial charge in [-0.25, -0.2) is 0 Å². The number of nitrogens with one attached hydrogen (secondary N) is 2. The Morgan fingerprint density at radius 2 is 2.18 bits per heavy atom. The van der Waals surface area contributed by atoms with Crippen LogP contribution in [0.25, 0.3) is 17.0 Å². The number of hydrogen-bond donors (Lipinski definition) is 2. The van der Waals surface area contributed by atoms with Gasteiger partial charge in [0.1, 0.15) is 16.1 Å². The van der Waals surface area contributed by atoms with Crippen LogP contribution in [0.2, 0.25) is 0 Å². The Hall–Kier alpha value is -4.29. The molecule has 13 nitrogen and oxygen atoms in total. The van der Waals surface area contributed by atoms with Crippen LogP contribution in [0, 0.1) is 17.0 Å². The van der Waals surface area contributed by atoms with Gasteiger partial charge in [0.2, 0.25) is 5.95 Å². The van der Waals surface area contributed by atoms with Crippen molar-refractivity contribution in [3.8, 4) is 5.95 Å². The molecule has 2 N–H and O–H groups in total. The van der Waals surface area contributed by atoms with E-state index in [1.54, 1.807) is 20.0 Å². The molecule has 0 unspecified atom stereocenters. The Balaban J connectivity index is 1.73. The number of furan rings is 1. The Kier molecular flexibility index (Phi) is 3.77. The topological polar surface area (TPSA) is 167 Å². The maximum absolute atomic E-state index is 12.4. The van der Waals surface area contributed by atoms with Crippen molar-refractivity contribution >= 4 is 28.6 Å². The van der Waals surface area contributed by atoms with Gasteiger partial charge in [-0.2, -0.15) is 19.9 Å². The fourth-order valence-electron chi connectivity index (χ4n) is 2.60. The van der Waals surface area contributed by atoms with E-state index in [1.807, 2.05) is 0 Å². The molecule has 28 heavy (non-hydrogen) atoms. The van der Waals surface area contributed by atoms with E-state index in [9.17, 15) is 19.7 Å². The summed E-state index contributed by atoms with van der Waals surface area (Å²) >= 11 is 0. The largest absolute Gasteiger partial charge is 0.433 e. The van der Waals surface area contributed by atoms with Crippen molar-refractivity contribution in [1.29, 1.82) is 0 Å². The molecule has 0 aliphatic heterocycles. The summed E-state index contributed by atoms with van der Waals surface area (Å²) in [6, 6.07) is 3.80. The lowest BCUT2D eigenvalue weighted by molar-refractivity contribution is -0.402. The molecule has 0 aliphatic carbocycles. The van der Waals surface area contributed by atoms with Crippen LogP contribution in [-0.4, -0.2) is 40.4 Å². The fourth-order valence-corrected chi connectivity index (χ4v) is 2.60. The number of fused-ring (bicyclic) bond motifs is 1. The van der Waals surface area contributed by atoms with Gasteiger partial charge < -0.3 is 9.73 Å². The highest BCUT2D eigenvalue weighted by Crippen LogP contribution is 2.19. The highest BCUT2D eigenvalue weighted by Gasteiger charge is 2.20. The average Bonchev–Trinajstić information content (AvgIpc) is 3.34. The summed E-state index contributed by atoms with van der Waals surface area (Å²) in [5.74, 6) is -1.28. The molecule has 0 aromatic carbocycles. The first-order chi connectivity index (χ1) is 13.3. The van der Waals surface area contributed by atoms with Gasteiger partial charge in [0, 0.05) is 13.1 Å². The average molecular weight is 384 g/mol. The van der Waals surface area contributed by atoms with E-state index in [4.69, 9.17) is 4.42 Å².